The van der Waals surface area contributed by atoms with Crippen LogP contribution in [0.5, 0.6) is 0 Å². The zero-order valence-electron chi connectivity index (χ0n) is 11.3. The maximum absolute atomic E-state index is 12.2. The Hall–Kier alpha value is -1.84. The van der Waals surface area contributed by atoms with Gasteiger partial charge in [-0.15, -0.1) is 0 Å². The molecule has 1 aromatic rings. The molecule has 0 aliphatic heterocycles. The van der Waals surface area contributed by atoms with Crippen LogP contribution in [-0.2, 0) is 16.0 Å². The molecule has 0 heterocycles. The van der Waals surface area contributed by atoms with Gasteiger partial charge in [0.1, 0.15) is 0 Å². The average Bonchev–Trinajstić information content (AvgIpc) is 3.07. The second kappa shape index (κ2) is 4.93. The third kappa shape index (κ3) is 2.55. The Morgan fingerprint density at radius 2 is 1.80 bits per heavy atom. The van der Waals surface area contributed by atoms with Gasteiger partial charge >= 0.3 is 5.97 Å². The summed E-state index contributed by atoms with van der Waals surface area (Å²) < 4.78 is 0. The van der Waals surface area contributed by atoms with Crippen molar-refractivity contribution in [3.8, 4) is 0 Å². The summed E-state index contributed by atoms with van der Waals surface area (Å²) in [6, 6.07) is 10.1. The molecular weight excluding hydrogens is 254 g/mol. The molecule has 20 heavy (non-hydrogen) atoms. The molecule has 2 N–H and O–H groups in total. The molecule has 2 atom stereocenters. The van der Waals surface area contributed by atoms with Gasteiger partial charge < -0.3 is 10.4 Å². The largest absolute Gasteiger partial charge is 0.481 e. The number of carboxylic acid groups (broad SMARTS) is 1. The highest BCUT2D eigenvalue weighted by Crippen LogP contribution is 2.41. The van der Waals surface area contributed by atoms with E-state index in [1.165, 1.54) is 5.56 Å². The molecule has 0 spiro atoms. The molecular formula is C16H19NO3. The van der Waals surface area contributed by atoms with E-state index >= 15 is 0 Å². The summed E-state index contributed by atoms with van der Waals surface area (Å²) in [6.45, 7) is 0. The Balaban J connectivity index is 1.60. The van der Waals surface area contributed by atoms with E-state index in [1.807, 2.05) is 18.2 Å². The van der Waals surface area contributed by atoms with Gasteiger partial charge in [-0.2, -0.15) is 0 Å². The van der Waals surface area contributed by atoms with E-state index in [0.717, 1.165) is 19.3 Å². The van der Waals surface area contributed by atoms with Crippen molar-refractivity contribution < 1.29 is 14.7 Å². The number of amides is 1. The third-order valence-corrected chi connectivity index (χ3v) is 4.56. The molecule has 0 aromatic heterocycles. The number of carboxylic acids is 1. The van der Waals surface area contributed by atoms with E-state index in [4.69, 9.17) is 5.11 Å². The average molecular weight is 273 g/mol. The molecule has 4 nitrogen and oxygen atoms in total. The Bertz CT molecular complexity index is 522. The van der Waals surface area contributed by atoms with Crippen LogP contribution in [0.4, 0.5) is 0 Å². The van der Waals surface area contributed by atoms with Crippen molar-refractivity contribution in [2.45, 2.75) is 37.6 Å². The predicted octanol–water partition coefficient (Wildman–Crippen LogP) is 1.99. The molecule has 0 bridgehead atoms. The fourth-order valence-electron chi connectivity index (χ4n) is 2.95. The van der Waals surface area contributed by atoms with E-state index in [9.17, 15) is 9.59 Å². The molecule has 106 valence electrons. The summed E-state index contributed by atoms with van der Waals surface area (Å²) >= 11 is 0. The lowest BCUT2D eigenvalue weighted by Crippen LogP contribution is -2.48. The Kier molecular flexibility index (Phi) is 3.24. The van der Waals surface area contributed by atoms with Crippen LogP contribution in [0.25, 0.3) is 0 Å². The smallest absolute Gasteiger partial charge is 0.307 e. The first-order chi connectivity index (χ1) is 9.60. The highest BCUT2D eigenvalue weighted by atomic mass is 16.4. The lowest BCUT2D eigenvalue weighted by molar-refractivity contribution is -0.153. The van der Waals surface area contributed by atoms with Crippen LogP contribution < -0.4 is 5.32 Å². The van der Waals surface area contributed by atoms with Crippen molar-refractivity contribution in [1.82, 2.24) is 5.32 Å². The standard InChI is InChI=1S/C16H19NO3/c18-14(12-6-7-13(12)15(19)20)17-16(8-9-16)10-11-4-2-1-3-5-11/h1-5,12-13H,6-10H2,(H,17,18)(H,19,20). The minimum absolute atomic E-state index is 0.0721. The molecule has 0 saturated heterocycles. The van der Waals surface area contributed by atoms with E-state index in [1.54, 1.807) is 0 Å². The van der Waals surface area contributed by atoms with Crippen molar-refractivity contribution in [2.75, 3.05) is 0 Å². The van der Waals surface area contributed by atoms with Crippen molar-refractivity contribution in [3.63, 3.8) is 0 Å². The first-order valence-corrected chi connectivity index (χ1v) is 7.18. The van der Waals surface area contributed by atoms with Crippen molar-refractivity contribution in [3.05, 3.63) is 35.9 Å². The summed E-state index contributed by atoms with van der Waals surface area (Å²) in [4.78, 5) is 23.2. The number of nitrogens with one attached hydrogen (secondary N) is 1. The number of carbonyl (C=O) groups excluding carboxylic acids is 1. The van der Waals surface area contributed by atoms with Crippen LogP contribution in [0.1, 0.15) is 31.2 Å². The molecule has 4 heteroatoms. The number of hydrogen-bond donors (Lipinski definition) is 2. The first kappa shape index (κ1) is 13.2. The second-order valence-electron chi connectivity index (χ2n) is 6.06. The lowest BCUT2D eigenvalue weighted by atomic mass is 9.73. The van der Waals surface area contributed by atoms with Crippen LogP contribution in [0.15, 0.2) is 30.3 Å². The number of aliphatic carboxylic acids is 1. The molecule has 2 saturated carbocycles. The monoisotopic (exact) mass is 273 g/mol. The van der Waals surface area contributed by atoms with Gasteiger partial charge in [0.25, 0.3) is 0 Å². The number of carbonyl (C=O) groups is 2. The fraction of sp³-hybridized carbons (Fsp3) is 0.500. The molecule has 0 radical (unpaired) electrons. The van der Waals surface area contributed by atoms with Gasteiger partial charge in [0, 0.05) is 5.54 Å². The second-order valence-corrected chi connectivity index (χ2v) is 6.06. The van der Waals surface area contributed by atoms with Crippen LogP contribution in [0.3, 0.4) is 0 Å². The first-order valence-electron chi connectivity index (χ1n) is 7.18. The van der Waals surface area contributed by atoms with E-state index in [0.29, 0.717) is 12.8 Å². The van der Waals surface area contributed by atoms with Crippen LogP contribution in [0.2, 0.25) is 0 Å². The Labute approximate surface area is 118 Å². The normalized spacial score (nSPS) is 26.4. The van der Waals surface area contributed by atoms with Gasteiger partial charge in [-0.25, -0.2) is 0 Å². The van der Waals surface area contributed by atoms with E-state index in [-0.39, 0.29) is 17.4 Å². The summed E-state index contributed by atoms with van der Waals surface area (Å²) in [6.07, 6.45) is 4.13. The molecule has 2 aliphatic rings. The van der Waals surface area contributed by atoms with Crippen molar-refractivity contribution in [2.24, 2.45) is 11.8 Å². The quantitative estimate of drug-likeness (QED) is 0.862. The number of benzene rings is 1. The predicted molar refractivity (Wildman–Crippen MR) is 74.1 cm³/mol. The van der Waals surface area contributed by atoms with Gasteiger partial charge in [0.15, 0.2) is 0 Å². The van der Waals surface area contributed by atoms with Gasteiger partial charge in [-0.05, 0) is 37.7 Å². The summed E-state index contributed by atoms with van der Waals surface area (Å²) in [7, 11) is 0. The molecule has 2 fully saturated rings. The molecule has 2 aliphatic carbocycles. The van der Waals surface area contributed by atoms with E-state index < -0.39 is 11.9 Å². The zero-order chi connectivity index (χ0) is 14.2. The Morgan fingerprint density at radius 1 is 1.15 bits per heavy atom. The van der Waals surface area contributed by atoms with Crippen LogP contribution in [0, 0.1) is 11.8 Å². The van der Waals surface area contributed by atoms with Crippen molar-refractivity contribution in [1.29, 1.82) is 0 Å². The zero-order valence-corrected chi connectivity index (χ0v) is 11.3. The highest BCUT2D eigenvalue weighted by Gasteiger charge is 2.48. The topological polar surface area (TPSA) is 66.4 Å². The fourth-order valence-corrected chi connectivity index (χ4v) is 2.95. The summed E-state index contributed by atoms with van der Waals surface area (Å²) in [5, 5.41) is 12.1. The number of rotatable bonds is 5. The SMILES string of the molecule is O=C(O)C1CCC1C(=O)NC1(Cc2ccccc2)CC1. The Morgan fingerprint density at radius 3 is 2.30 bits per heavy atom. The molecule has 2 unspecified atom stereocenters. The van der Waals surface area contributed by atoms with Crippen LogP contribution in [-0.4, -0.2) is 22.5 Å². The maximum Gasteiger partial charge on any atom is 0.307 e. The van der Waals surface area contributed by atoms with E-state index in [2.05, 4.69) is 17.4 Å². The molecule has 3 rings (SSSR count). The number of hydrogen-bond acceptors (Lipinski definition) is 2. The van der Waals surface area contributed by atoms with Crippen molar-refractivity contribution >= 4 is 11.9 Å². The van der Waals surface area contributed by atoms with Gasteiger partial charge in [-0.3, -0.25) is 9.59 Å². The summed E-state index contributed by atoms with van der Waals surface area (Å²) in [5.74, 6) is -1.73. The summed E-state index contributed by atoms with van der Waals surface area (Å²) in [5.41, 5.74) is 1.09. The van der Waals surface area contributed by atoms with Gasteiger partial charge in [0.05, 0.1) is 11.8 Å². The lowest BCUT2D eigenvalue weighted by Gasteiger charge is -2.33. The minimum Gasteiger partial charge on any atom is -0.481 e. The molecule has 1 amide bonds. The van der Waals surface area contributed by atoms with Crippen LogP contribution >= 0.6 is 0 Å². The molecule has 1 aromatic carbocycles. The van der Waals surface area contributed by atoms with Gasteiger partial charge in [-0.1, -0.05) is 30.3 Å². The maximum atomic E-state index is 12.2. The third-order valence-electron chi connectivity index (χ3n) is 4.56. The highest BCUT2D eigenvalue weighted by molar-refractivity contribution is 5.87. The van der Waals surface area contributed by atoms with Gasteiger partial charge in [0.2, 0.25) is 5.91 Å². The minimum atomic E-state index is -0.843.